The molecule has 29 heteroatoms. The highest BCUT2D eigenvalue weighted by molar-refractivity contribution is 6.32. The van der Waals surface area contributed by atoms with Crippen LogP contribution in [0.4, 0.5) is 4.79 Å². The second kappa shape index (κ2) is 28.0. The van der Waals surface area contributed by atoms with Crippen molar-refractivity contribution in [1.82, 2.24) is 46.8 Å². The minimum atomic E-state index is -2.03. The van der Waals surface area contributed by atoms with Gasteiger partial charge >= 0.3 is 12.1 Å². The molecular weight excluding hydrogens is 1150 g/mol. The molecule has 0 radical (unpaired) electrons. The van der Waals surface area contributed by atoms with Crippen molar-refractivity contribution in [3.05, 3.63) is 96.8 Å². The molecule has 12 N–H and O–H groups in total. The van der Waals surface area contributed by atoms with Gasteiger partial charge in [-0.15, -0.1) is 0 Å². The van der Waals surface area contributed by atoms with E-state index in [1.165, 1.54) is 4.57 Å². The Hall–Kier alpha value is -7.96. The normalized spacial score (nSPS) is 21.5. The van der Waals surface area contributed by atoms with Crippen LogP contribution in [-0.4, -0.2) is 178 Å². The number of nitrogens with one attached hydrogen (secondary N) is 7. The van der Waals surface area contributed by atoms with Gasteiger partial charge in [0.1, 0.15) is 56.5 Å². The zero-order chi connectivity index (χ0) is 62.1. The summed E-state index contributed by atoms with van der Waals surface area (Å²) in [5, 5.41) is 69.8. The summed E-state index contributed by atoms with van der Waals surface area (Å²) in [5.74, 6) is -5.73. The summed E-state index contributed by atoms with van der Waals surface area (Å²) in [6.07, 6.45) is -8.67. The number of esters is 1. The molecule has 0 saturated carbocycles. The Labute approximate surface area is 496 Å². The van der Waals surface area contributed by atoms with Crippen molar-refractivity contribution < 1.29 is 87.6 Å². The van der Waals surface area contributed by atoms with E-state index >= 15 is 0 Å². The van der Waals surface area contributed by atoms with Crippen molar-refractivity contribution in [2.24, 2.45) is 0 Å². The van der Waals surface area contributed by atoms with Crippen molar-refractivity contribution in [1.29, 1.82) is 0 Å². The maximum absolute atomic E-state index is 14.0. The average Bonchev–Trinajstić information content (AvgIpc) is 1.48. The van der Waals surface area contributed by atoms with Crippen LogP contribution < -0.4 is 42.8 Å². The summed E-state index contributed by atoms with van der Waals surface area (Å²) in [5.41, 5.74) is 3.10. The van der Waals surface area contributed by atoms with Crippen molar-refractivity contribution >= 4 is 75.8 Å². The molecule has 7 amide bonds. The van der Waals surface area contributed by atoms with Crippen LogP contribution in [0.1, 0.15) is 90.4 Å². The number of ketones is 1. The number of hydrogen-bond donors (Lipinski definition) is 12. The lowest BCUT2D eigenvalue weighted by Crippen LogP contribution is -2.60. The Morgan fingerprint density at radius 2 is 1.56 bits per heavy atom. The minimum absolute atomic E-state index is 0.0254. The maximum atomic E-state index is 14.0. The number of cyclic esters (lactones) is 1. The number of Topliss-reactive ketones (excluding diaryl/α,β-unsaturated/α-hetero) is 1. The van der Waals surface area contributed by atoms with E-state index in [9.17, 15) is 73.5 Å². The van der Waals surface area contributed by atoms with E-state index in [-0.39, 0.29) is 69.3 Å². The Morgan fingerprint density at radius 1 is 0.837 bits per heavy atom. The number of halogens is 1. The summed E-state index contributed by atoms with van der Waals surface area (Å²) in [6.45, 7) is 0.0729. The number of pyridine rings is 2. The van der Waals surface area contributed by atoms with E-state index in [0.29, 0.717) is 45.9 Å². The first kappa shape index (κ1) is 64.0. The molecule has 0 bridgehead atoms. The van der Waals surface area contributed by atoms with E-state index in [0.717, 1.165) is 29.2 Å². The molecule has 8 rings (SSSR count). The van der Waals surface area contributed by atoms with Gasteiger partial charge in [-0.2, -0.15) is 0 Å². The second-order valence-electron chi connectivity index (χ2n) is 21.2. The number of ether oxygens (including phenoxy) is 4. The lowest BCUT2D eigenvalue weighted by Gasteiger charge is -2.40. The third kappa shape index (κ3) is 14.3. The Morgan fingerprint density at radius 3 is 2.28 bits per heavy atom. The van der Waals surface area contributed by atoms with Gasteiger partial charge in [0, 0.05) is 47.3 Å². The molecule has 1 fully saturated rings. The van der Waals surface area contributed by atoms with Crippen LogP contribution in [-0.2, 0) is 88.9 Å². The number of carbonyl (C=O) groups excluding carboxylic acids is 9. The molecule has 2 aromatic carbocycles. The Bertz CT molecular complexity index is 3360. The average molecular weight is 1220 g/mol. The van der Waals surface area contributed by atoms with Crippen molar-refractivity contribution in [3.8, 4) is 11.4 Å². The third-order valence-electron chi connectivity index (χ3n) is 15.7. The van der Waals surface area contributed by atoms with Crippen LogP contribution in [0.15, 0.2) is 47.3 Å². The molecule has 86 heavy (non-hydrogen) atoms. The number of aliphatic hydroxyl groups is 5. The zero-order valence-electron chi connectivity index (χ0n) is 47.2. The molecule has 0 spiro atoms. The number of nitrogens with zero attached hydrogens (tertiary/aromatic N) is 2. The minimum Gasteiger partial charge on any atom is -0.458 e. The van der Waals surface area contributed by atoms with Gasteiger partial charge in [-0.3, -0.25) is 38.4 Å². The van der Waals surface area contributed by atoms with Crippen LogP contribution in [0.5, 0.6) is 0 Å². The quantitative estimate of drug-likeness (QED) is 0.0171. The zero-order valence-corrected chi connectivity index (χ0v) is 48.0. The molecule has 2 aromatic heterocycles. The first-order valence-electron chi connectivity index (χ1n) is 27.8. The number of fused-ring (bicyclic) bond motifs is 5. The number of alkyl carbamates (subject to hydrolysis) is 1. The van der Waals surface area contributed by atoms with Gasteiger partial charge in [0.15, 0.2) is 11.4 Å². The fourth-order valence-corrected chi connectivity index (χ4v) is 11.2. The maximum Gasteiger partial charge on any atom is 0.407 e. The number of rotatable bonds is 25. The highest BCUT2D eigenvalue weighted by atomic mass is 35.5. The van der Waals surface area contributed by atoms with Gasteiger partial charge in [-0.1, -0.05) is 48.9 Å². The number of hydrogen-bond acceptors (Lipinski definition) is 20. The molecule has 5 heterocycles. The SMILES string of the molecule is CC[C@@]1(O)C(=O)OCc2c1cc1n(c2=O)Cc2c-1nc1cc(Cl)c(C)c3c1c2[C@@H](NC(=O)COCNC(=O)CCC(=O)[C@H](Cc1ccccc1)NC(=O)CNC(=O)CNC(=O)[C@H](CCC(=O)NC[C@@H]1O[C@H](CO)[C@@H](O)[C@H](O)[C@H]1O)NC(=O)OC)CC3. The van der Waals surface area contributed by atoms with Gasteiger partial charge in [-0.25, -0.2) is 14.6 Å². The van der Waals surface area contributed by atoms with Crippen LogP contribution in [0.3, 0.4) is 0 Å². The topological polar surface area (TPSA) is 411 Å². The van der Waals surface area contributed by atoms with Gasteiger partial charge in [-0.05, 0) is 73.4 Å². The molecule has 462 valence electrons. The molecular formula is C57H68ClN9O19. The number of aliphatic hydroxyl groups excluding tert-OH is 4. The fraction of sp³-hybridized carbons (Fsp3) is 0.491. The Kier molecular flexibility index (Phi) is 20.9. The van der Waals surface area contributed by atoms with E-state index in [1.54, 1.807) is 49.4 Å². The second-order valence-corrected chi connectivity index (χ2v) is 21.6. The van der Waals surface area contributed by atoms with E-state index < -0.39 is 146 Å². The largest absolute Gasteiger partial charge is 0.458 e. The van der Waals surface area contributed by atoms with Crippen LogP contribution in [0, 0.1) is 6.92 Å². The lowest BCUT2D eigenvalue weighted by molar-refractivity contribution is -0.227. The van der Waals surface area contributed by atoms with E-state index in [1.807, 2.05) is 6.92 Å². The molecule has 3 aliphatic heterocycles. The van der Waals surface area contributed by atoms with Crippen molar-refractivity contribution in [2.75, 3.05) is 46.7 Å². The summed E-state index contributed by atoms with van der Waals surface area (Å²) in [7, 11) is 1.03. The van der Waals surface area contributed by atoms with E-state index in [2.05, 4.69) is 42.0 Å². The highest BCUT2D eigenvalue weighted by Crippen LogP contribution is 2.46. The number of methoxy groups -OCH3 is 1. The molecule has 4 aromatic rings. The molecule has 1 aliphatic carbocycles. The van der Waals surface area contributed by atoms with Gasteiger partial charge in [0.2, 0.25) is 35.4 Å². The monoisotopic (exact) mass is 1220 g/mol. The first-order chi connectivity index (χ1) is 41.1. The summed E-state index contributed by atoms with van der Waals surface area (Å²) < 4.78 is 22.2. The fourth-order valence-electron chi connectivity index (χ4n) is 11.0. The molecule has 1 saturated heterocycles. The van der Waals surface area contributed by atoms with Crippen molar-refractivity contribution in [2.45, 2.75) is 133 Å². The van der Waals surface area contributed by atoms with Crippen LogP contribution in [0.25, 0.3) is 22.3 Å². The number of amides is 7. The van der Waals surface area contributed by atoms with Crippen LogP contribution >= 0.6 is 11.6 Å². The van der Waals surface area contributed by atoms with Gasteiger partial charge < -0.3 is 86.3 Å². The number of benzene rings is 2. The lowest BCUT2D eigenvalue weighted by atomic mass is 9.81. The first-order valence-corrected chi connectivity index (χ1v) is 28.2. The summed E-state index contributed by atoms with van der Waals surface area (Å²) in [6, 6.07) is 8.89. The molecule has 28 nitrogen and oxygen atoms in total. The summed E-state index contributed by atoms with van der Waals surface area (Å²) in [4.78, 5) is 136. The predicted molar refractivity (Wildman–Crippen MR) is 300 cm³/mol. The van der Waals surface area contributed by atoms with Crippen molar-refractivity contribution in [3.63, 3.8) is 0 Å². The Balaban J connectivity index is 0.799. The van der Waals surface area contributed by atoms with Crippen LogP contribution in [0.2, 0.25) is 5.02 Å². The predicted octanol–water partition coefficient (Wildman–Crippen LogP) is -1.99. The molecule has 0 unspecified atom stereocenters. The van der Waals surface area contributed by atoms with E-state index in [4.69, 9.17) is 30.8 Å². The summed E-state index contributed by atoms with van der Waals surface area (Å²) >= 11 is 6.71. The van der Waals surface area contributed by atoms with Gasteiger partial charge in [0.05, 0.1) is 67.9 Å². The van der Waals surface area contributed by atoms with Gasteiger partial charge in [0.25, 0.3) is 5.56 Å². The highest BCUT2D eigenvalue weighted by Gasteiger charge is 2.47. The number of aromatic nitrogens is 2. The smallest absolute Gasteiger partial charge is 0.407 e. The molecule has 4 aliphatic rings. The number of aryl methyl sites for hydroxylation is 1. The standard InChI is InChI=1S/C57H68ClN9O19/c1-4-57(82)32-17-38-49-30(22-67(38)54(79)31(32)24-85-55(57)80)48-34(11-10-29-27(2)33(58)18-37(65-49)47(29)48)63-46(74)25-84-26-62-43(71)15-13-39(69)36(16-28-8-6-5-7-9-28)64-45(73)21-60-44(72)20-61-53(78)35(66-56(81)83-3)12-14-42(70)59-19-40-50(75)52(77)51(76)41(23-68)86-40/h5-9,17-18,34-36,40-41,50-52,68,75-77,82H,4,10-16,19-26H2,1-3H3,(H,59,70)(H,60,72)(H,61,78)(H,62,71)(H,63,74)(H,64,73)(H,66,81)/t34-,35-,36-,40-,41+,50-,51+,52+,57-/m0/s1. The number of carbonyl (C=O) groups is 9. The molecule has 9 atom stereocenters. The third-order valence-corrected chi connectivity index (χ3v) is 16.1.